The van der Waals surface area contributed by atoms with Crippen LogP contribution in [0, 0.1) is 6.92 Å². The third-order valence-electron chi connectivity index (χ3n) is 3.85. The zero-order chi connectivity index (χ0) is 17.8. The van der Waals surface area contributed by atoms with Crippen LogP contribution in [0.5, 0.6) is 0 Å². The summed E-state index contributed by atoms with van der Waals surface area (Å²) >= 11 is 2.80. The summed E-state index contributed by atoms with van der Waals surface area (Å²) in [5.74, 6) is 1.19. The van der Waals surface area contributed by atoms with E-state index in [1.54, 1.807) is 16.3 Å². The molecule has 0 saturated heterocycles. The molecular weight excluding hydrogens is 352 g/mol. The lowest BCUT2D eigenvalue weighted by molar-refractivity contribution is -0.113. The van der Waals surface area contributed by atoms with Crippen LogP contribution < -0.4 is 10.2 Å². The van der Waals surface area contributed by atoms with Crippen molar-refractivity contribution in [2.45, 2.75) is 26.1 Å². The molecule has 0 fully saturated rings. The summed E-state index contributed by atoms with van der Waals surface area (Å²) in [5, 5.41) is 2.91. The van der Waals surface area contributed by atoms with Gasteiger partial charge in [-0.2, -0.15) is 0 Å². The van der Waals surface area contributed by atoms with Gasteiger partial charge in [0.1, 0.15) is 0 Å². The number of aryl methyl sites for hydroxylation is 2. The summed E-state index contributed by atoms with van der Waals surface area (Å²) in [5.41, 5.74) is 4.11. The van der Waals surface area contributed by atoms with Crippen molar-refractivity contribution < 1.29 is 4.79 Å². The Kier molecular flexibility index (Phi) is 5.60. The van der Waals surface area contributed by atoms with Crippen LogP contribution in [0.25, 0.3) is 10.2 Å². The lowest BCUT2D eigenvalue weighted by Gasteiger charge is -2.06. The number of hydrogen-bond donors (Lipinski definition) is 1. The zero-order valence-corrected chi connectivity index (χ0v) is 15.9. The largest absolute Gasteiger partial charge is 0.325 e. The predicted octanol–water partition coefficient (Wildman–Crippen LogP) is 4.26. The van der Waals surface area contributed by atoms with Crippen LogP contribution in [0.4, 0.5) is 5.69 Å². The number of thioether (sulfide) groups is 1. The van der Waals surface area contributed by atoms with E-state index in [-0.39, 0.29) is 10.8 Å². The Morgan fingerprint density at radius 3 is 2.84 bits per heavy atom. The third-order valence-corrected chi connectivity index (χ3v) is 5.80. The highest BCUT2D eigenvalue weighted by molar-refractivity contribution is 7.99. The Labute approximate surface area is 154 Å². The van der Waals surface area contributed by atoms with Crippen molar-refractivity contribution in [3.8, 4) is 0 Å². The monoisotopic (exact) mass is 372 g/mol. The number of thiazole rings is 1. The van der Waals surface area contributed by atoms with Gasteiger partial charge in [0.2, 0.25) is 5.91 Å². The number of anilines is 1. The van der Waals surface area contributed by atoms with E-state index in [4.69, 9.17) is 0 Å². The Morgan fingerprint density at radius 2 is 2.08 bits per heavy atom. The van der Waals surface area contributed by atoms with Crippen LogP contribution >= 0.6 is 23.1 Å². The van der Waals surface area contributed by atoms with Gasteiger partial charge in [0.15, 0.2) is 0 Å². The summed E-state index contributed by atoms with van der Waals surface area (Å²) < 4.78 is 2.64. The number of hydrogen-bond acceptors (Lipinski definition) is 4. The third kappa shape index (κ3) is 4.32. The summed E-state index contributed by atoms with van der Waals surface area (Å²) in [7, 11) is 0. The molecule has 1 N–H and O–H groups in total. The summed E-state index contributed by atoms with van der Waals surface area (Å²) in [6.07, 6.45) is 0. The molecule has 1 heterocycles. The molecule has 2 aromatic carbocycles. The molecule has 0 aliphatic carbocycles. The van der Waals surface area contributed by atoms with Crippen LogP contribution in [-0.2, 0) is 17.1 Å². The predicted molar refractivity (Wildman–Crippen MR) is 108 cm³/mol. The molecule has 0 aliphatic heterocycles. The van der Waals surface area contributed by atoms with Crippen LogP contribution in [0.1, 0.15) is 18.1 Å². The molecule has 0 aliphatic rings. The quantitative estimate of drug-likeness (QED) is 0.703. The fourth-order valence-electron chi connectivity index (χ4n) is 2.70. The number of benzene rings is 2. The van der Waals surface area contributed by atoms with Gasteiger partial charge in [-0.05, 0) is 37.6 Å². The molecule has 1 amide bonds. The number of nitrogens with one attached hydrogen (secondary N) is 1. The Bertz CT molecular complexity index is 959. The summed E-state index contributed by atoms with van der Waals surface area (Å²) in [6, 6.07) is 13.9. The molecule has 3 aromatic rings. The van der Waals surface area contributed by atoms with E-state index in [0.717, 1.165) is 21.7 Å². The fourth-order valence-corrected chi connectivity index (χ4v) is 4.47. The molecule has 6 heteroatoms. The van der Waals surface area contributed by atoms with Gasteiger partial charge >= 0.3 is 4.87 Å². The van der Waals surface area contributed by atoms with E-state index in [0.29, 0.717) is 12.3 Å². The molecule has 1 aromatic heterocycles. The molecule has 0 radical (unpaired) electrons. The van der Waals surface area contributed by atoms with E-state index in [9.17, 15) is 9.59 Å². The molecule has 0 saturated carbocycles. The maximum Gasteiger partial charge on any atom is 0.308 e. The van der Waals surface area contributed by atoms with Gasteiger partial charge in [-0.3, -0.25) is 14.2 Å². The maximum absolute atomic E-state index is 12.1. The second-order valence-electron chi connectivity index (χ2n) is 5.82. The van der Waals surface area contributed by atoms with E-state index in [2.05, 4.69) is 30.4 Å². The number of carbonyl (C=O) groups is 1. The molecule has 4 nitrogen and oxygen atoms in total. The van der Waals surface area contributed by atoms with Gasteiger partial charge in [-0.25, -0.2) is 0 Å². The molecule has 25 heavy (non-hydrogen) atoms. The normalized spacial score (nSPS) is 11.0. The molecule has 0 spiro atoms. The number of aromatic nitrogens is 1. The minimum Gasteiger partial charge on any atom is -0.325 e. The standard InChI is InChI=1S/C19H20N2O2S2/c1-3-21-16-8-7-15(10-17(16)25-19(21)23)20-18(22)12-24-11-14-6-4-5-13(2)9-14/h4-10H,3,11-12H2,1-2H3,(H,20,22). The minimum absolute atomic E-state index is 0.0284. The first-order chi connectivity index (χ1) is 12.1. The van der Waals surface area contributed by atoms with Gasteiger partial charge in [-0.1, -0.05) is 41.2 Å². The number of carbonyl (C=O) groups excluding carboxylic acids is 1. The average molecular weight is 373 g/mol. The Balaban J connectivity index is 1.59. The van der Waals surface area contributed by atoms with Crippen LogP contribution in [0.3, 0.4) is 0 Å². The van der Waals surface area contributed by atoms with Crippen molar-refractivity contribution in [3.63, 3.8) is 0 Å². The van der Waals surface area contributed by atoms with Crippen molar-refractivity contribution in [2.24, 2.45) is 0 Å². The highest BCUT2D eigenvalue weighted by atomic mass is 32.2. The molecule has 0 unspecified atom stereocenters. The van der Waals surface area contributed by atoms with Gasteiger partial charge < -0.3 is 5.32 Å². The second kappa shape index (κ2) is 7.89. The second-order valence-corrected chi connectivity index (χ2v) is 7.80. The molecule has 3 rings (SSSR count). The number of nitrogens with zero attached hydrogens (tertiary/aromatic N) is 1. The van der Waals surface area contributed by atoms with E-state index >= 15 is 0 Å². The SMILES string of the molecule is CCn1c(=O)sc2cc(NC(=O)CSCc3cccc(C)c3)ccc21. The highest BCUT2D eigenvalue weighted by Crippen LogP contribution is 2.22. The van der Waals surface area contributed by atoms with Crippen molar-refractivity contribution in [3.05, 3.63) is 63.3 Å². The van der Waals surface area contributed by atoms with E-state index in [1.165, 1.54) is 22.5 Å². The number of amides is 1. The first-order valence-electron chi connectivity index (χ1n) is 8.13. The molecule has 0 atom stereocenters. The lowest BCUT2D eigenvalue weighted by atomic mass is 10.2. The Hall–Kier alpha value is -2.05. The Morgan fingerprint density at radius 1 is 1.24 bits per heavy atom. The van der Waals surface area contributed by atoms with Crippen molar-refractivity contribution in [1.29, 1.82) is 0 Å². The summed E-state index contributed by atoms with van der Waals surface area (Å²) in [6.45, 7) is 4.67. The molecule has 130 valence electrons. The van der Waals surface area contributed by atoms with Crippen molar-refractivity contribution in [1.82, 2.24) is 4.57 Å². The van der Waals surface area contributed by atoms with Crippen molar-refractivity contribution in [2.75, 3.05) is 11.1 Å². The highest BCUT2D eigenvalue weighted by Gasteiger charge is 2.08. The van der Waals surface area contributed by atoms with Gasteiger partial charge in [0, 0.05) is 18.0 Å². The van der Waals surface area contributed by atoms with Gasteiger partial charge in [-0.15, -0.1) is 11.8 Å². The van der Waals surface area contributed by atoms with Gasteiger partial charge in [0.05, 0.1) is 16.0 Å². The fraction of sp³-hybridized carbons (Fsp3) is 0.263. The average Bonchev–Trinajstić information content (AvgIpc) is 2.89. The molecular formula is C19H20N2O2S2. The lowest BCUT2D eigenvalue weighted by Crippen LogP contribution is -2.14. The van der Waals surface area contributed by atoms with Crippen LogP contribution in [-0.4, -0.2) is 16.2 Å². The van der Waals surface area contributed by atoms with Crippen LogP contribution in [0.15, 0.2) is 47.3 Å². The number of rotatable bonds is 6. The zero-order valence-electron chi connectivity index (χ0n) is 14.2. The van der Waals surface area contributed by atoms with E-state index < -0.39 is 0 Å². The summed E-state index contributed by atoms with van der Waals surface area (Å²) in [4.78, 5) is 24.1. The van der Waals surface area contributed by atoms with Crippen LogP contribution in [0.2, 0.25) is 0 Å². The first-order valence-corrected chi connectivity index (χ1v) is 10.1. The van der Waals surface area contributed by atoms with Gasteiger partial charge in [0.25, 0.3) is 0 Å². The minimum atomic E-state index is -0.0284. The smallest absolute Gasteiger partial charge is 0.308 e. The number of fused-ring (bicyclic) bond motifs is 1. The maximum atomic E-state index is 12.1. The topological polar surface area (TPSA) is 51.1 Å². The van der Waals surface area contributed by atoms with Crippen molar-refractivity contribution >= 4 is 44.9 Å². The molecule has 0 bridgehead atoms. The first kappa shape index (κ1) is 17.8. The van der Waals surface area contributed by atoms with E-state index in [1.807, 2.05) is 31.2 Å².